The van der Waals surface area contributed by atoms with Gasteiger partial charge in [0.2, 0.25) is 0 Å². The highest BCUT2D eigenvalue weighted by Gasteiger charge is 2.13. The lowest BCUT2D eigenvalue weighted by Gasteiger charge is -2.10. The van der Waals surface area contributed by atoms with Crippen molar-refractivity contribution in [2.24, 2.45) is 0 Å². The second-order valence-electron chi connectivity index (χ2n) is 6.25. The van der Waals surface area contributed by atoms with Gasteiger partial charge in [-0.3, -0.25) is 4.79 Å². The van der Waals surface area contributed by atoms with E-state index in [0.717, 1.165) is 33.5 Å². The molecule has 0 fully saturated rings. The molecule has 124 valence electrons. The summed E-state index contributed by atoms with van der Waals surface area (Å²) in [5.74, 6) is 0.739. The number of pyridine rings is 1. The van der Waals surface area contributed by atoms with Crippen LogP contribution in [0.2, 0.25) is 0 Å². The number of furan rings is 1. The first-order chi connectivity index (χ1) is 12.8. The summed E-state index contributed by atoms with van der Waals surface area (Å²) < 4.78 is 5.57. The molecule has 0 radical (unpaired) electrons. The Bertz CT molecular complexity index is 1280. The van der Waals surface area contributed by atoms with Gasteiger partial charge >= 0.3 is 0 Å². The smallest absolute Gasteiger partial charge is 0.197 e. The van der Waals surface area contributed by atoms with E-state index in [4.69, 9.17) is 4.42 Å². The lowest BCUT2D eigenvalue weighted by atomic mass is 9.99. The van der Waals surface area contributed by atoms with Crippen LogP contribution in [0.15, 0.2) is 94.3 Å². The molecule has 2 heterocycles. The van der Waals surface area contributed by atoms with Crippen LogP contribution < -0.4 is 5.43 Å². The quantitative estimate of drug-likeness (QED) is 0.426. The molecule has 5 rings (SSSR count). The van der Waals surface area contributed by atoms with Crippen LogP contribution in [0, 0.1) is 0 Å². The third-order valence-electron chi connectivity index (χ3n) is 4.74. The van der Waals surface area contributed by atoms with Gasteiger partial charge in [-0.2, -0.15) is 0 Å². The van der Waals surface area contributed by atoms with Crippen molar-refractivity contribution in [2.75, 3.05) is 0 Å². The molecule has 0 spiro atoms. The predicted molar refractivity (Wildman–Crippen MR) is 105 cm³/mol. The minimum Gasteiger partial charge on any atom is -0.464 e. The second kappa shape index (κ2) is 5.74. The summed E-state index contributed by atoms with van der Waals surface area (Å²) in [6, 6.07) is 25.4. The van der Waals surface area contributed by atoms with Gasteiger partial charge < -0.3 is 9.40 Å². The Labute approximate surface area is 149 Å². The minimum absolute atomic E-state index is 0.0277. The largest absolute Gasteiger partial charge is 0.464 e. The van der Waals surface area contributed by atoms with E-state index in [2.05, 4.69) is 17.1 Å². The number of hydrogen-bond donors (Lipinski definition) is 1. The standard InChI is InChI=1S/C23H15NO2/c25-23-18-11-4-9-16(15-7-2-1-3-8-15)21(18)24-22-17(10-5-12-19(22)23)20-13-6-14-26-20/h1-14H,(H,24,25). The topological polar surface area (TPSA) is 46.0 Å². The third-order valence-corrected chi connectivity index (χ3v) is 4.74. The summed E-state index contributed by atoms with van der Waals surface area (Å²) in [4.78, 5) is 16.7. The van der Waals surface area contributed by atoms with Crippen LogP contribution in [-0.2, 0) is 0 Å². The Morgan fingerprint density at radius 3 is 2.04 bits per heavy atom. The number of H-pyrrole nitrogens is 1. The fraction of sp³-hybridized carbons (Fsp3) is 0. The van der Waals surface area contributed by atoms with E-state index >= 15 is 0 Å². The molecule has 0 atom stereocenters. The zero-order valence-electron chi connectivity index (χ0n) is 13.9. The molecule has 1 N–H and O–H groups in total. The van der Waals surface area contributed by atoms with Crippen LogP contribution in [0.1, 0.15) is 0 Å². The molecule has 3 heteroatoms. The van der Waals surface area contributed by atoms with Gasteiger partial charge in [0.25, 0.3) is 0 Å². The molecular weight excluding hydrogens is 322 g/mol. The molecule has 3 aromatic carbocycles. The Morgan fingerprint density at radius 1 is 0.654 bits per heavy atom. The molecule has 0 unspecified atom stereocenters. The molecule has 0 bridgehead atoms. The molecule has 0 saturated heterocycles. The number of benzene rings is 3. The summed E-state index contributed by atoms with van der Waals surface area (Å²) in [5.41, 5.74) is 4.63. The van der Waals surface area contributed by atoms with E-state index in [-0.39, 0.29) is 5.43 Å². The maximum atomic E-state index is 13.1. The van der Waals surface area contributed by atoms with Crippen molar-refractivity contribution in [2.45, 2.75) is 0 Å². The highest BCUT2D eigenvalue weighted by atomic mass is 16.3. The highest BCUT2D eigenvalue weighted by molar-refractivity contribution is 6.03. The van der Waals surface area contributed by atoms with Crippen molar-refractivity contribution in [1.82, 2.24) is 4.98 Å². The van der Waals surface area contributed by atoms with Crippen LogP contribution in [0.25, 0.3) is 44.3 Å². The van der Waals surface area contributed by atoms with E-state index in [0.29, 0.717) is 10.8 Å². The summed E-state index contributed by atoms with van der Waals surface area (Å²) >= 11 is 0. The van der Waals surface area contributed by atoms with Crippen LogP contribution >= 0.6 is 0 Å². The zero-order chi connectivity index (χ0) is 17.5. The first-order valence-corrected chi connectivity index (χ1v) is 8.50. The third kappa shape index (κ3) is 2.18. The van der Waals surface area contributed by atoms with Gasteiger partial charge in [-0.15, -0.1) is 0 Å². The summed E-state index contributed by atoms with van der Waals surface area (Å²) in [6.07, 6.45) is 1.64. The van der Waals surface area contributed by atoms with Crippen molar-refractivity contribution in [3.63, 3.8) is 0 Å². The Balaban J connectivity index is 1.93. The van der Waals surface area contributed by atoms with E-state index in [1.54, 1.807) is 6.26 Å². The summed E-state index contributed by atoms with van der Waals surface area (Å²) in [7, 11) is 0. The van der Waals surface area contributed by atoms with Gasteiger partial charge in [-0.1, -0.05) is 48.5 Å². The molecule has 0 amide bonds. The number of aromatic nitrogens is 1. The van der Waals surface area contributed by atoms with E-state index in [1.807, 2.05) is 66.7 Å². The molecule has 3 nitrogen and oxygen atoms in total. The van der Waals surface area contributed by atoms with Gasteiger partial charge in [0.15, 0.2) is 5.43 Å². The lowest BCUT2D eigenvalue weighted by molar-refractivity contribution is 0.583. The van der Waals surface area contributed by atoms with Gasteiger partial charge in [-0.25, -0.2) is 0 Å². The minimum atomic E-state index is 0.0277. The maximum Gasteiger partial charge on any atom is 0.197 e. The predicted octanol–water partition coefficient (Wildman–Crippen LogP) is 5.61. The van der Waals surface area contributed by atoms with Gasteiger partial charge in [-0.05, 0) is 35.9 Å². The Hall–Kier alpha value is -3.59. The summed E-state index contributed by atoms with van der Waals surface area (Å²) in [5, 5.41) is 1.35. The van der Waals surface area contributed by atoms with E-state index in [1.165, 1.54) is 0 Å². The number of nitrogens with one attached hydrogen (secondary N) is 1. The average Bonchev–Trinajstić information content (AvgIpc) is 3.23. The average molecular weight is 337 g/mol. The van der Waals surface area contributed by atoms with E-state index < -0.39 is 0 Å². The molecule has 0 saturated carbocycles. The maximum absolute atomic E-state index is 13.1. The number of hydrogen-bond acceptors (Lipinski definition) is 2. The molecule has 5 aromatic rings. The number of rotatable bonds is 2. The van der Waals surface area contributed by atoms with Crippen molar-refractivity contribution in [1.29, 1.82) is 0 Å². The lowest BCUT2D eigenvalue weighted by Crippen LogP contribution is -2.05. The van der Waals surface area contributed by atoms with Crippen molar-refractivity contribution in [3.05, 3.63) is 95.3 Å². The molecule has 0 aliphatic rings. The molecule has 2 aromatic heterocycles. The summed E-state index contributed by atoms with van der Waals surface area (Å²) in [6.45, 7) is 0. The van der Waals surface area contributed by atoms with Gasteiger partial charge in [0.1, 0.15) is 5.76 Å². The molecular formula is C23H15NO2. The molecule has 26 heavy (non-hydrogen) atoms. The van der Waals surface area contributed by atoms with Crippen molar-refractivity contribution < 1.29 is 4.42 Å². The van der Waals surface area contributed by atoms with Crippen molar-refractivity contribution in [3.8, 4) is 22.5 Å². The SMILES string of the molecule is O=c1c2cccc(-c3ccccc3)c2[nH]c2c(-c3ccco3)cccc12. The van der Waals surface area contributed by atoms with E-state index in [9.17, 15) is 4.79 Å². The monoisotopic (exact) mass is 337 g/mol. The fourth-order valence-corrected chi connectivity index (χ4v) is 3.52. The molecule has 0 aliphatic carbocycles. The fourth-order valence-electron chi connectivity index (χ4n) is 3.52. The van der Waals surface area contributed by atoms with Crippen LogP contribution in [0.4, 0.5) is 0 Å². The Kier molecular flexibility index (Phi) is 3.25. The zero-order valence-corrected chi connectivity index (χ0v) is 13.9. The van der Waals surface area contributed by atoms with Gasteiger partial charge in [0, 0.05) is 21.9 Å². The van der Waals surface area contributed by atoms with Crippen molar-refractivity contribution >= 4 is 21.8 Å². The highest BCUT2D eigenvalue weighted by Crippen LogP contribution is 2.31. The number of fused-ring (bicyclic) bond motifs is 2. The number of para-hydroxylation sites is 2. The second-order valence-corrected chi connectivity index (χ2v) is 6.25. The van der Waals surface area contributed by atoms with Crippen LogP contribution in [0.3, 0.4) is 0 Å². The first kappa shape index (κ1) is 14.7. The first-order valence-electron chi connectivity index (χ1n) is 8.50. The Morgan fingerprint density at radius 2 is 1.35 bits per heavy atom. The molecule has 0 aliphatic heterocycles. The van der Waals surface area contributed by atoms with Crippen LogP contribution in [-0.4, -0.2) is 4.98 Å². The normalized spacial score (nSPS) is 11.2. The van der Waals surface area contributed by atoms with Gasteiger partial charge in [0.05, 0.1) is 17.3 Å². The number of aromatic amines is 1. The van der Waals surface area contributed by atoms with Crippen LogP contribution in [0.5, 0.6) is 0 Å².